The summed E-state index contributed by atoms with van der Waals surface area (Å²) >= 11 is 0. The molecular weight excluding hydrogens is 466 g/mol. The zero-order valence-electron chi connectivity index (χ0n) is 20.9. The summed E-state index contributed by atoms with van der Waals surface area (Å²) < 4.78 is 10.5. The van der Waals surface area contributed by atoms with Gasteiger partial charge in [0.2, 0.25) is 11.8 Å². The molecule has 4 atom stereocenters. The van der Waals surface area contributed by atoms with E-state index in [0.717, 1.165) is 5.56 Å². The standard InChI is InChI=1S/C26H37N3O7/c1-5-10-21(14-23(31)28-18(3)16-30)24(32)27-15-19(4)36-25(33)22(11-6-2)29-26(34)35-17-20-12-8-7-9-13-20/h5-9,12-13,18-19,21-22,30H,1-2,10-11,14-17H2,3-4H3,(H,27,32)(H,28,31)(H,29,34)/t18-,19+,21-,22-/m1/s1. The van der Waals surface area contributed by atoms with E-state index in [2.05, 4.69) is 29.1 Å². The van der Waals surface area contributed by atoms with Crippen molar-refractivity contribution in [2.24, 2.45) is 5.92 Å². The van der Waals surface area contributed by atoms with Gasteiger partial charge < -0.3 is 30.5 Å². The quantitative estimate of drug-likeness (QED) is 0.200. The van der Waals surface area contributed by atoms with Crippen molar-refractivity contribution in [2.75, 3.05) is 13.2 Å². The van der Waals surface area contributed by atoms with E-state index in [1.165, 1.54) is 6.08 Å². The fraction of sp³-hybridized carbons (Fsp3) is 0.462. The third kappa shape index (κ3) is 12.2. The Hall–Kier alpha value is -3.66. The number of hydrogen-bond acceptors (Lipinski definition) is 7. The smallest absolute Gasteiger partial charge is 0.408 e. The number of aliphatic hydroxyl groups excluding tert-OH is 1. The van der Waals surface area contributed by atoms with Crippen LogP contribution in [0.3, 0.4) is 0 Å². The van der Waals surface area contributed by atoms with E-state index in [4.69, 9.17) is 14.6 Å². The van der Waals surface area contributed by atoms with Gasteiger partial charge in [-0.1, -0.05) is 42.5 Å². The molecule has 0 spiro atoms. The van der Waals surface area contributed by atoms with E-state index in [9.17, 15) is 19.2 Å². The molecule has 0 radical (unpaired) electrons. The van der Waals surface area contributed by atoms with Crippen LogP contribution in [0, 0.1) is 5.92 Å². The van der Waals surface area contributed by atoms with Gasteiger partial charge in [0.25, 0.3) is 0 Å². The maximum atomic E-state index is 12.6. The summed E-state index contributed by atoms with van der Waals surface area (Å²) in [4.78, 5) is 49.4. The highest BCUT2D eigenvalue weighted by Crippen LogP contribution is 2.10. The van der Waals surface area contributed by atoms with Crippen LogP contribution in [0.2, 0.25) is 0 Å². The molecule has 0 aromatic heterocycles. The van der Waals surface area contributed by atoms with Crippen molar-refractivity contribution in [3.63, 3.8) is 0 Å². The van der Waals surface area contributed by atoms with Crippen molar-refractivity contribution >= 4 is 23.9 Å². The third-order valence-corrected chi connectivity index (χ3v) is 5.01. The van der Waals surface area contributed by atoms with Crippen molar-refractivity contribution in [3.8, 4) is 0 Å². The number of esters is 1. The van der Waals surface area contributed by atoms with Gasteiger partial charge in [-0.15, -0.1) is 13.2 Å². The van der Waals surface area contributed by atoms with Gasteiger partial charge in [0, 0.05) is 12.5 Å². The molecule has 3 amide bonds. The van der Waals surface area contributed by atoms with Crippen molar-refractivity contribution in [3.05, 3.63) is 61.2 Å². The van der Waals surface area contributed by atoms with Crippen LogP contribution in [0.1, 0.15) is 38.7 Å². The van der Waals surface area contributed by atoms with Gasteiger partial charge >= 0.3 is 12.1 Å². The van der Waals surface area contributed by atoms with Crippen molar-refractivity contribution in [1.82, 2.24) is 16.0 Å². The molecule has 10 nitrogen and oxygen atoms in total. The Morgan fingerprint density at radius 1 is 1.03 bits per heavy atom. The molecule has 1 aromatic rings. The van der Waals surface area contributed by atoms with Crippen LogP contribution in [-0.4, -0.2) is 60.3 Å². The van der Waals surface area contributed by atoms with Crippen LogP contribution in [0.5, 0.6) is 0 Å². The lowest BCUT2D eigenvalue weighted by atomic mass is 9.99. The number of amides is 3. The Labute approximate surface area is 212 Å². The molecule has 36 heavy (non-hydrogen) atoms. The minimum absolute atomic E-state index is 0.00609. The summed E-state index contributed by atoms with van der Waals surface area (Å²) in [6.45, 7) is 10.3. The molecular formula is C26H37N3O7. The van der Waals surface area contributed by atoms with Gasteiger partial charge in [0.1, 0.15) is 18.8 Å². The van der Waals surface area contributed by atoms with Crippen LogP contribution in [0.25, 0.3) is 0 Å². The molecule has 0 saturated carbocycles. The topological polar surface area (TPSA) is 143 Å². The first kappa shape index (κ1) is 30.4. The minimum Gasteiger partial charge on any atom is -0.459 e. The molecule has 1 aromatic carbocycles. The molecule has 0 heterocycles. The number of nitrogens with one attached hydrogen (secondary N) is 3. The van der Waals surface area contributed by atoms with Gasteiger partial charge in [-0.25, -0.2) is 9.59 Å². The number of rotatable bonds is 16. The monoisotopic (exact) mass is 503 g/mol. The van der Waals surface area contributed by atoms with Crippen LogP contribution in [0.4, 0.5) is 4.79 Å². The summed E-state index contributed by atoms with van der Waals surface area (Å²) in [5, 5.41) is 16.8. The average molecular weight is 504 g/mol. The highest BCUT2D eigenvalue weighted by Gasteiger charge is 2.25. The highest BCUT2D eigenvalue weighted by atomic mass is 16.6. The lowest BCUT2D eigenvalue weighted by Gasteiger charge is -2.21. The van der Waals surface area contributed by atoms with E-state index < -0.39 is 42.1 Å². The SMILES string of the molecule is C=CC[C@H](CC(=O)N[C@H](C)CO)C(=O)NC[C@H](C)OC(=O)[C@@H](CC=C)NC(=O)OCc1ccccc1. The molecule has 10 heteroatoms. The summed E-state index contributed by atoms with van der Waals surface area (Å²) in [7, 11) is 0. The Balaban J connectivity index is 2.55. The predicted octanol–water partition coefficient (Wildman–Crippen LogP) is 1.98. The maximum absolute atomic E-state index is 12.6. The van der Waals surface area contributed by atoms with Crippen molar-refractivity contribution < 1.29 is 33.8 Å². The summed E-state index contributed by atoms with van der Waals surface area (Å²) in [6, 6.07) is 7.67. The number of carbonyl (C=O) groups excluding carboxylic acids is 4. The first-order chi connectivity index (χ1) is 17.2. The number of carbonyl (C=O) groups is 4. The fourth-order valence-electron chi connectivity index (χ4n) is 3.09. The summed E-state index contributed by atoms with van der Waals surface area (Å²) in [6.07, 6.45) is 1.86. The van der Waals surface area contributed by atoms with Gasteiger partial charge in [-0.3, -0.25) is 9.59 Å². The summed E-state index contributed by atoms with van der Waals surface area (Å²) in [5.74, 6) is -2.12. The van der Waals surface area contributed by atoms with Crippen LogP contribution >= 0.6 is 0 Å². The van der Waals surface area contributed by atoms with Gasteiger partial charge in [0.15, 0.2) is 0 Å². The van der Waals surface area contributed by atoms with Crippen LogP contribution in [0.15, 0.2) is 55.6 Å². The third-order valence-electron chi connectivity index (χ3n) is 5.01. The predicted molar refractivity (Wildman–Crippen MR) is 135 cm³/mol. The van der Waals surface area contributed by atoms with Gasteiger partial charge in [-0.2, -0.15) is 0 Å². The Morgan fingerprint density at radius 3 is 2.31 bits per heavy atom. The van der Waals surface area contributed by atoms with E-state index in [0.29, 0.717) is 0 Å². The Kier molecular flexibility index (Phi) is 14.2. The molecule has 4 N–H and O–H groups in total. The number of hydrogen-bond donors (Lipinski definition) is 4. The van der Waals surface area contributed by atoms with Crippen molar-refractivity contribution in [2.45, 2.75) is 57.9 Å². The molecule has 0 saturated heterocycles. The number of allylic oxidation sites excluding steroid dienone is 1. The zero-order chi connectivity index (χ0) is 26.9. The number of alkyl carbamates (subject to hydrolysis) is 1. The molecule has 0 aliphatic rings. The molecule has 0 unspecified atom stereocenters. The Bertz CT molecular complexity index is 876. The van der Waals surface area contributed by atoms with E-state index in [1.54, 1.807) is 32.1 Å². The lowest BCUT2D eigenvalue weighted by Crippen LogP contribution is -2.44. The minimum atomic E-state index is -1.00. The molecule has 0 aliphatic carbocycles. The number of benzene rings is 1. The maximum Gasteiger partial charge on any atom is 0.408 e. The normalized spacial score (nSPS) is 13.8. The lowest BCUT2D eigenvalue weighted by molar-refractivity contribution is -0.151. The molecule has 0 fully saturated rings. The molecule has 0 bridgehead atoms. The van der Waals surface area contributed by atoms with E-state index in [1.807, 2.05) is 18.2 Å². The molecule has 1 rings (SSSR count). The van der Waals surface area contributed by atoms with E-state index >= 15 is 0 Å². The van der Waals surface area contributed by atoms with Gasteiger partial charge in [-0.05, 0) is 32.3 Å². The fourth-order valence-corrected chi connectivity index (χ4v) is 3.09. The van der Waals surface area contributed by atoms with Crippen molar-refractivity contribution in [1.29, 1.82) is 0 Å². The number of ether oxygens (including phenoxy) is 2. The molecule has 0 aliphatic heterocycles. The highest BCUT2D eigenvalue weighted by molar-refractivity contribution is 5.86. The second-order valence-corrected chi connectivity index (χ2v) is 8.35. The average Bonchev–Trinajstić information content (AvgIpc) is 2.85. The zero-order valence-corrected chi connectivity index (χ0v) is 20.9. The van der Waals surface area contributed by atoms with Gasteiger partial charge in [0.05, 0.1) is 19.1 Å². The van der Waals surface area contributed by atoms with Crippen LogP contribution < -0.4 is 16.0 Å². The molecule has 198 valence electrons. The second kappa shape index (κ2) is 16.9. The van der Waals surface area contributed by atoms with E-state index in [-0.39, 0.29) is 44.9 Å². The second-order valence-electron chi connectivity index (χ2n) is 8.35. The largest absolute Gasteiger partial charge is 0.459 e. The summed E-state index contributed by atoms with van der Waals surface area (Å²) in [5.41, 5.74) is 0.801. The number of aliphatic hydroxyl groups is 1. The van der Waals surface area contributed by atoms with Crippen LogP contribution in [-0.2, 0) is 30.5 Å². The Morgan fingerprint density at radius 2 is 1.69 bits per heavy atom. The first-order valence-electron chi connectivity index (χ1n) is 11.8. The first-order valence-corrected chi connectivity index (χ1v) is 11.8.